The third-order valence-electron chi connectivity index (χ3n) is 4.42. The second kappa shape index (κ2) is 6.22. The van der Waals surface area contributed by atoms with Crippen LogP contribution in [-0.4, -0.2) is 22.7 Å². The van der Waals surface area contributed by atoms with Crippen molar-refractivity contribution in [3.8, 4) is 0 Å². The molecule has 0 amide bonds. The molecule has 1 aliphatic carbocycles. The van der Waals surface area contributed by atoms with Crippen molar-refractivity contribution in [2.24, 2.45) is 17.8 Å². The van der Waals surface area contributed by atoms with Gasteiger partial charge in [0.05, 0.1) is 12.5 Å². The van der Waals surface area contributed by atoms with Crippen LogP contribution in [0.3, 0.4) is 0 Å². The molecule has 4 nitrogen and oxygen atoms in total. The van der Waals surface area contributed by atoms with Crippen LogP contribution >= 0.6 is 11.3 Å². The highest BCUT2D eigenvalue weighted by Gasteiger charge is 2.42. The van der Waals surface area contributed by atoms with Gasteiger partial charge in [-0.2, -0.15) is 0 Å². The summed E-state index contributed by atoms with van der Waals surface area (Å²) in [6.07, 6.45) is 4.17. The number of hydrogen-bond acceptors (Lipinski definition) is 5. The van der Waals surface area contributed by atoms with Crippen molar-refractivity contribution in [2.75, 3.05) is 6.61 Å². The minimum absolute atomic E-state index is 0.0294. The molecule has 1 aromatic heterocycles. The van der Waals surface area contributed by atoms with Crippen molar-refractivity contribution in [3.63, 3.8) is 0 Å². The van der Waals surface area contributed by atoms with E-state index in [4.69, 9.17) is 4.74 Å². The molecular formula is C15H23NO3S. The molecule has 0 saturated heterocycles. The van der Waals surface area contributed by atoms with Gasteiger partial charge in [0.2, 0.25) is 0 Å². The smallest absolute Gasteiger partial charge is 0.309 e. The summed E-state index contributed by atoms with van der Waals surface area (Å²) in [4.78, 5) is 16.1. The first-order chi connectivity index (χ1) is 9.46. The Morgan fingerprint density at radius 2 is 2.35 bits per heavy atom. The Kier molecular flexibility index (Phi) is 4.81. The van der Waals surface area contributed by atoms with E-state index in [-0.39, 0.29) is 23.7 Å². The molecule has 4 atom stereocenters. The number of aromatic nitrogens is 1. The quantitative estimate of drug-likeness (QED) is 0.868. The van der Waals surface area contributed by atoms with Crippen LogP contribution in [0.4, 0.5) is 0 Å². The summed E-state index contributed by atoms with van der Waals surface area (Å²) < 4.78 is 5.13. The molecule has 1 N–H and O–H groups in total. The lowest BCUT2D eigenvalue weighted by atomic mass is 9.69. The van der Waals surface area contributed by atoms with Gasteiger partial charge < -0.3 is 9.84 Å². The van der Waals surface area contributed by atoms with E-state index >= 15 is 0 Å². The number of nitrogens with zero attached hydrogens (tertiary/aromatic N) is 1. The molecule has 0 aromatic carbocycles. The van der Waals surface area contributed by atoms with Gasteiger partial charge in [-0.05, 0) is 44.9 Å². The maximum atomic E-state index is 11.9. The molecule has 20 heavy (non-hydrogen) atoms. The third-order valence-corrected chi connectivity index (χ3v) is 5.42. The molecule has 1 aromatic rings. The van der Waals surface area contributed by atoms with E-state index in [1.165, 1.54) is 11.3 Å². The predicted molar refractivity (Wildman–Crippen MR) is 78.3 cm³/mol. The molecule has 0 spiro atoms. The molecule has 0 aliphatic heterocycles. The van der Waals surface area contributed by atoms with Crippen molar-refractivity contribution in [1.82, 2.24) is 4.98 Å². The van der Waals surface area contributed by atoms with Gasteiger partial charge in [0.25, 0.3) is 0 Å². The number of thiazole rings is 1. The zero-order chi connectivity index (χ0) is 14.8. The lowest BCUT2D eigenvalue weighted by molar-refractivity contribution is -0.153. The maximum Gasteiger partial charge on any atom is 0.309 e. The van der Waals surface area contributed by atoms with Crippen LogP contribution in [0.1, 0.15) is 45.0 Å². The lowest BCUT2D eigenvalue weighted by Crippen LogP contribution is -2.39. The van der Waals surface area contributed by atoms with Crippen LogP contribution in [0.15, 0.2) is 11.6 Å². The van der Waals surface area contributed by atoms with E-state index in [2.05, 4.69) is 11.9 Å². The zero-order valence-corrected chi connectivity index (χ0v) is 13.2. The van der Waals surface area contributed by atoms with Gasteiger partial charge in [0.1, 0.15) is 10.6 Å². The Balaban J connectivity index is 2.04. The first-order valence-corrected chi connectivity index (χ1v) is 8.13. The Labute approximate surface area is 124 Å². The second-order valence-corrected chi connectivity index (χ2v) is 6.73. The van der Waals surface area contributed by atoms with Gasteiger partial charge in [-0.15, -0.1) is 11.3 Å². The van der Waals surface area contributed by atoms with E-state index in [0.717, 1.165) is 24.3 Å². The number of esters is 1. The second-order valence-electron chi connectivity index (χ2n) is 5.83. The monoisotopic (exact) mass is 297 g/mol. The van der Waals surface area contributed by atoms with Crippen molar-refractivity contribution >= 4 is 17.3 Å². The molecule has 0 unspecified atom stereocenters. The van der Waals surface area contributed by atoms with Gasteiger partial charge in [-0.1, -0.05) is 6.92 Å². The van der Waals surface area contributed by atoms with Crippen LogP contribution in [-0.2, 0) is 15.1 Å². The summed E-state index contributed by atoms with van der Waals surface area (Å²) in [6, 6.07) is 0. The van der Waals surface area contributed by atoms with Crippen molar-refractivity contribution in [1.29, 1.82) is 0 Å². The minimum Gasteiger partial charge on any atom is -0.466 e. The van der Waals surface area contributed by atoms with E-state index in [1.54, 1.807) is 6.20 Å². The molecule has 1 heterocycles. The van der Waals surface area contributed by atoms with Crippen molar-refractivity contribution in [3.05, 3.63) is 16.6 Å². The fourth-order valence-electron chi connectivity index (χ4n) is 3.15. The summed E-state index contributed by atoms with van der Waals surface area (Å²) in [5.41, 5.74) is -0.901. The molecule has 1 saturated carbocycles. The first-order valence-electron chi connectivity index (χ1n) is 7.25. The predicted octanol–water partition coefficient (Wildman–Crippen LogP) is 2.97. The summed E-state index contributed by atoms with van der Waals surface area (Å²) >= 11 is 1.49. The number of aliphatic hydroxyl groups is 1. The summed E-state index contributed by atoms with van der Waals surface area (Å²) in [5.74, 6) is 0.263. The van der Waals surface area contributed by atoms with Gasteiger partial charge in [-0.3, -0.25) is 4.79 Å². The molecule has 0 bridgehead atoms. The average Bonchev–Trinajstić information content (AvgIpc) is 2.93. The lowest BCUT2D eigenvalue weighted by Gasteiger charge is -2.39. The standard InChI is InChI=1S/C15H23NO3S/c1-4-19-13(17)12-6-5-11(9-10(12)2)15(3,18)14-16-7-8-20-14/h7-8,10-12,18H,4-6,9H2,1-3H3/t10-,11-,12+,15-/m0/s1. The molecule has 1 aliphatic rings. The average molecular weight is 297 g/mol. The number of ether oxygens (including phenoxy) is 1. The van der Waals surface area contributed by atoms with E-state index in [0.29, 0.717) is 6.61 Å². The van der Waals surface area contributed by atoms with E-state index in [1.807, 2.05) is 19.2 Å². The highest BCUT2D eigenvalue weighted by atomic mass is 32.1. The van der Waals surface area contributed by atoms with E-state index in [9.17, 15) is 9.90 Å². The molecule has 5 heteroatoms. The topological polar surface area (TPSA) is 59.4 Å². The Hall–Kier alpha value is -0.940. The van der Waals surface area contributed by atoms with Gasteiger partial charge >= 0.3 is 5.97 Å². The first kappa shape index (κ1) is 15.4. The Morgan fingerprint density at radius 1 is 1.60 bits per heavy atom. The Morgan fingerprint density at radius 3 is 2.90 bits per heavy atom. The number of carbonyl (C=O) groups is 1. The fourth-order valence-corrected chi connectivity index (χ4v) is 3.93. The molecular weight excluding hydrogens is 274 g/mol. The summed E-state index contributed by atoms with van der Waals surface area (Å²) in [6.45, 7) is 6.18. The van der Waals surface area contributed by atoms with Gasteiger partial charge in [-0.25, -0.2) is 4.98 Å². The maximum absolute atomic E-state index is 11.9. The van der Waals surface area contributed by atoms with Crippen LogP contribution in [0.25, 0.3) is 0 Å². The van der Waals surface area contributed by atoms with Crippen LogP contribution < -0.4 is 0 Å². The zero-order valence-electron chi connectivity index (χ0n) is 12.3. The summed E-state index contributed by atoms with van der Waals surface area (Å²) in [7, 11) is 0. The highest BCUT2D eigenvalue weighted by Crippen LogP contribution is 2.44. The third kappa shape index (κ3) is 3.04. The van der Waals surface area contributed by atoms with Crippen molar-refractivity contribution < 1.29 is 14.6 Å². The molecule has 1 fully saturated rings. The van der Waals surface area contributed by atoms with Crippen LogP contribution in [0.2, 0.25) is 0 Å². The minimum atomic E-state index is -0.901. The van der Waals surface area contributed by atoms with Gasteiger partial charge in [0, 0.05) is 11.6 Å². The van der Waals surface area contributed by atoms with Gasteiger partial charge in [0.15, 0.2) is 0 Å². The fraction of sp³-hybridized carbons (Fsp3) is 0.733. The Bertz CT molecular complexity index is 444. The highest BCUT2D eigenvalue weighted by molar-refractivity contribution is 7.09. The van der Waals surface area contributed by atoms with Crippen LogP contribution in [0, 0.1) is 17.8 Å². The van der Waals surface area contributed by atoms with Crippen LogP contribution in [0.5, 0.6) is 0 Å². The number of rotatable bonds is 4. The number of hydrogen-bond donors (Lipinski definition) is 1. The number of carbonyl (C=O) groups excluding carboxylic acids is 1. The van der Waals surface area contributed by atoms with Crippen molar-refractivity contribution in [2.45, 2.75) is 45.6 Å². The normalized spacial score (nSPS) is 29.7. The SMILES string of the molecule is CCOC(=O)[C@@H]1CC[C@H]([C@](C)(O)c2nccs2)C[C@@H]1C. The van der Waals surface area contributed by atoms with E-state index < -0.39 is 5.60 Å². The molecule has 2 rings (SSSR count). The molecule has 112 valence electrons. The largest absolute Gasteiger partial charge is 0.466 e. The molecule has 0 radical (unpaired) electrons. The summed E-state index contributed by atoms with van der Waals surface area (Å²) in [5, 5.41) is 13.4.